The highest BCUT2D eigenvalue weighted by Gasteiger charge is 2.09. The molecule has 1 N–H and O–H groups in total. The Hall–Kier alpha value is -0.120. The maximum Gasteiger partial charge on any atom is 0.169 e. The third kappa shape index (κ3) is 1.43. The molecule has 48 valence electrons. The highest BCUT2D eigenvalue weighted by Crippen LogP contribution is 1.93. The van der Waals surface area contributed by atoms with Gasteiger partial charge in [0.2, 0.25) is 0 Å². The average molecular weight is 117 g/mol. The molecule has 1 unspecified atom stereocenters. The summed E-state index contributed by atoms with van der Waals surface area (Å²) >= 11 is 0. The molecule has 1 atom stereocenters. The summed E-state index contributed by atoms with van der Waals surface area (Å²) in [6, 6.07) is 0. The SMILES string of the molecule is COC1CNCCO1. The van der Waals surface area contributed by atoms with E-state index < -0.39 is 0 Å². The molecule has 0 saturated carbocycles. The van der Waals surface area contributed by atoms with Crippen molar-refractivity contribution in [2.75, 3.05) is 26.8 Å². The third-order valence-electron chi connectivity index (χ3n) is 1.16. The zero-order valence-electron chi connectivity index (χ0n) is 5.02. The molecule has 0 bridgehead atoms. The summed E-state index contributed by atoms with van der Waals surface area (Å²) in [4.78, 5) is 0. The Morgan fingerprint density at radius 1 is 1.75 bits per heavy atom. The van der Waals surface area contributed by atoms with Gasteiger partial charge in [-0.3, -0.25) is 0 Å². The molecular weight excluding hydrogens is 106 g/mol. The minimum absolute atomic E-state index is 0.0243. The van der Waals surface area contributed by atoms with Gasteiger partial charge in [0.15, 0.2) is 6.29 Å². The van der Waals surface area contributed by atoms with Crippen LogP contribution in [-0.4, -0.2) is 33.1 Å². The topological polar surface area (TPSA) is 30.5 Å². The molecule has 0 aliphatic carbocycles. The average Bonchev–Trinajstić information content (AvgIpc) is 1.90. The number of ether oxygens (including phenoxy) is 2. The van der Waals surface area contributed by atoms with Crippen LogP contribution in [0.25, 0.3) is 0 Å². The van der Waals surface area contributed by atoms with Crippen molar-refractivity contribution in [1.82, 2.24) is 5.32 Å². The molecular formula is C5H11NO2. The molecule has 1 saturated heterocycles. The highest BCUT2D eigenvalue weighted by atomic mass is 16.7. The van der Waals surface area contributed by atoms with Crippen LogP contribution >= 0.6 is 0 Å². The largest absolute Gasteiger partial charge is 0.355 e. The molecule has 0 spiro atoms. The van der Waals surface area contributed by atoms with E-state index in [4.69, 9.17) is 9.47 Å². The van der Waals surface area contributed by atoms with Crippen LogP contribution in [-0.2, 0) is 9.47 Å². The fraction of sp³-hybridized carbons (Fsp3) is 1.00. The van der Waals surface area contributed by atoms with E-state index in [9.17, 15) is 0 Å². The number of nitrogens with one attached hydrogen (secondary N) is 1. The minimum atomic E-state index is -0.0243. The molecule has 0 radical (unpaired) electrons. The van der Waals surface area contributed by atoms with E-state index in [0.29, 0.717) is 0 Å². The van der Waals surface area contributed by atoms with Crippen LogP contribution in [0, 0.1) is 0 Å². The Morgan fingerprint density at radius 2 is 2.62 bits per heavy atom. The van der Waals surface area contributed by atoms with Crippen LogP contribution in [0.3, 0.4) is 0 Å². The Labute approximate surface area is 49.0 Å². The Morgan fingerprint density at radius 3 is 3.00 bits per heavy atom. The molecule has 0 amide bonds. The van der Waals surface area contributed by atoms with Gasteiger partial charge in [-0.1, -0.05) is 0 Å². The number of hydrogen-bond acceptors (Lipinski definition) is 3. The fourth-order valence-corrected chi connectivity index (χ4v) is 0.693. The summed E-state index contributed by atoms with van der Waals surface area (Å²) in [5.41, 5.74) is 0. The molecule has 0 aromatic carbocycles. The van der Waals surface area contributed by atoms with Crippen LogP contribution in [0.4, 0.5) is 0 Å². The van der Waals surface area contributed by atoms with E-state index >= 15 is 0 Å². The molecule has 1 rings (SSSR count). The van der Waals surface area contributed by atoms with Crippen LogP contribution < -0.4 is 5.32 Å². The highest BCUT2D eigenvalue weighted by molar-refractivity contribution is 4.56. The van der Waals surface area contributed by atoms with Crippen molar-refractivity contribution in [3.05, 3.63) is 0 Å². The van der Waals surface area contributed by atoms with Gasteiger partial charge < -0.3 is 14.8 Å². The fourth-order valence-electron chi connectivity index (χ4n) is 0.693. The molecule has 0 aromatic rings. The number of methoxy groups -OCH3 is 1. The number of morpholine rings is 1. The molecule has 1 fully saturated rings. The first kappa shape index (κ1) is 6.01. The minimum Gasteiger partial charge on any atom is -0.355 e. The van der Waals surface area contributed by atoms with Crippen molar-refractivity contribution < 1.29 is 9.47 Å². The molecule has 0 aromatic heterocycles. The van der Waals surface area contributed by atoms with Gasteiger partial charge in [-0.2, -0.15) is 0 Å². The lowest BCUT2D eigenvalue weighted by Gasteiger charge is -2.21. The molecule has 1 heterocycles. The zero-order chi connectivity index (χ0) is 5.82. The first-order valence-corrected chi connectivity index (χ1v) is 2.78. The lowest BCUT2D eigenvalue weighted by Crippen LogP contribution is -2.39. The van der Waals surface area contributed by atoms with Crippen molar-refractivity contribution in [1.29, 1.82) is 0 Å². The first-order chi connectivity index (χ1) is 3.93. The number of hydrogen-bond donors (Lipinski definition) is 1. The van der Waals surface area contributed by atoms with Crippen molar-refractivity contribution in [2.24, 2.45) is 0 Å². The maximum absolute atomic E-state index is 5.14. The second kappa shape index (κ2) is 3.02. The standard InChI is InChI=1S/C5H11NO2/c1-7-5-4-6-2-3-8-5/h5-6H,2-4H2,1H3. The van der Waals surface area contributed by atoms with E-state index in [2.05, 4.69) is 5.32 Å². The lowest BCUT2D eigenvalue weighted by atomic mass is 10.5. The van der Waals surface area contributed by atoms with Gasteiger partial charge in [0.1, 0.15) is 0 Å². The van der Waals surface area contributed by atoms with Gasteiger partial charge in [0.05, 0.1) is 6.61 Å². The van der Waals surface area contributed by atoms with Crippen LogP contribution in [0.15, 0.2) is 0 Å². The maximum atomic E-state index is 5.14. The Kier molecular flexibility index (Phi) is 2.27. The van der Waals surface area contributed by atoms with E-state index in [1.165, 1.54) is 0 Å². The van der Waals surface area contributed by atoms with Crippen LogP contribution in [0.2, 0.25) is 0 Å². The lowest BCUT2D eigenvalue weighted by molar-refractivity contribution is -0.135. The Balaban J connectivity index is 2.13. The van der Waals surface area contributed by atoms with Gasteiger partial charge in [0.25, 0.3) is 0 Å². The predicted molar refractivity (Wildman–Crippen MR) is 29.6 cm³/mol. The second-order valence-corrected chi connectivity index (χ2v) is 1.74. The third-order valence-corrected chi connectivity index (χ3v) is 1.16. The van der Waals surface area contributed by atoms with Gasteiger partial charge >= 0.3 is 0 Å². The van der Waals surface area contributed by atoms with Crippen LogP contribution in [0.5, 0.6) is 0 Å². The summed E-state index contributed by atoms with van der Waals surface area (Å²) in [5.74, 6) is 0. The van der Waals surface area contributed by atoms with Gasteiger partial charge in [-0.25, -0.2) is 0 Å². The summed E-state index contributed by atoms with van der Waals surface area (Å²) in [7, 11) is 1.65. The predicted octanol–water partition coefficient (Wildman–Crippen LogP) is -0.421. The first-order valence-electron chi connectivity index (χ1n) is 2.78. The Bertz CT molecular complexity index is 61.4. The molecule has 8 heavy (non-hydrogen) atoms. The quantitative estimate of drug-likeness (QED) is 0.506. The van der Waals surface area contributed by atoms with E-state index in [-0.39, 0.29) is 6.29 Å². The summed E-state index contributed by atoms with van der Waals surface area (Å²) in [6.45, 7) is 2.52. The van der Waals surface area contributed by atoms with Crippen molar-refractivity contribution in [3.63, 3.8) is 0 Å². The van der Waals surface area contributed by atoms with E-state index in [0.717, 1.165) is 19.7 Å². The van der Waals surface area contributed by atoms with Crippen molar-refractivity contribution in [2.45, 2.75) is 6.29 Å². The molecule has 1 aliphatic rings. The monoisotopic (exact) mass is 117 g/mol. The smallest absolute Gasteiger partial charge is 0.169 e. The second-order valence-electron chi connectivity index (χ2n) is 1.74. The zero-order valence-corrected chi connectivity index (χ0v) is 5.02. The normalized spacial score (nSPS) is 30.4. The summed E-state index contributed by atoms with van der Waals surface area (Å²) in [5, 5.41) is 3.14. The summed E-state index contributed by atoms with van der Waals surface area (Å²) < 4.78 is 10.0. The molecule has 3 heteroatoms. The van der Waals surface area contributed by atoms with Crippen molar-refractivity contribution in [3.8, 4) is 0 Å². The molecule has 1 aliphatic heterocycles. The van der Waals surface area contributed by atoms with Gasteiger partial charge in [0, 0.05) is 20.2 Å². The van der Waals surface area contributed by atoms with Gasteiger partial charge in [-0.05, 0) is 0 Å². The number of rotatable bonds is 1. The summed E-state index contributed by atoms with van der Waals surface area (Å²) in [6.07, 6.45) is -0.0243. The van der Waals surface area contributed by atoms with E-state index in [1.807, 2.05) is 0 Å². The van der Waals surface area contributed by atoms with Gasteiger partial charge in [-0.15, -0.1) is 0 Å². The van der Waals surface area contributed by atoms with Crippen molar-refractivity contribution >= 4 is 0 Å². The van der Waals surface area contributed by atoms with Crippen LogP contribution in [0.1, 0.15) is 0 Å². The molecule has 3 nitrogen and oxygen atoms in total. The van der Waals surface area contributed by atoms with E-state index in [1.54, 1.807) is 7.11 Å².